The zero-order valence-corrected chi connectivity index (χ0v) is 15.7. The van der Waals surface area contributed by atoms with Crippen LogP contribution in [0.4, 0.5) is 10.5 Å². The van der Waals surface area contributed by atoms with E-state index in [4.69, 9.17) is 4.74 Å². The van der Waals surface area contributed by atoms with Crippen molar-refractivity contribution in [1.82, 2.24) is 9.80 Å². The molecule has 26 heavy (non-hydrogen) atoms. The maximum atomic E-state index is 12.8. The summed E-state index contributed by atoms with van der Waals surface area (Å²) in [5.74, 6) is -0.253. The third kappa shape index (κ3) is 4.71. The molecular formula is C18H25N3O5. The number of nitrogens with zero attached hydrogens (tertiary/aromatic N) is 3. The summed E-state index contributed by atoms with van der Waals surface area (Å²) in [5, 5.41) is 11.1. The molecule has 1 saturated heterocycles. The Bertz CT molecular complexity index is 711. The van der Waals surface area contributed by atoms with Crippen LogP contribution in [0.2, 0.25) is 0 Å². The lowest BCUT2D eigenvalue weighted by atomic mass is 10.1. The van der Waals surface area contributed by atoms with Crippen LogP contribution in [0, 0.1) is 17.0 Å². The standard InChI is InChI=1S/C18H25N3O5/c1-13-14(7-5-8-15(13)21(24)25)16(22)19-9-6-10-20(12-11-19)17(23)26-18(2,3)4/h5,7-8H,6,9-12H2,1-4H3. The Morgan fingerprint density at radius 2 is 1.73 bits per heavy atom. The number of hydrogen-bond acceptors (Lipinski definition) is 5. The summed E-state index contributed by atoms with van der Waals surface area (Å²) < 4.78 is 5.38. The number of benzene rings is 1. The van der Waals surface area contributed by atoms with E-state index in [2.05, 4.69) is 0 Å². The predicted molar refractivity (Wildman–Crippen MR) is 96.2 cm³/mol. The van der Waals surface area contributed by atoms with Crippen molar-refractivity contribution < 1.29 is 19.2 Å². The summed E-state index contributed by atoms with van der Waals surface area (Å²) in [4.78, 5) is 38.9. The molecule has 142 valence electrons. The van der Waals surface area contributed by atoms with Gasteiger partial charge in [0.05, 0.1) is 4.92 Å². The normalized spacial score (nSPS) is 15.4. The number of nitro groups is 1. The second kappa shape index (κ2) is 7.72. The lowest BCUT2D eigenvalue weighted by Gasteiger charge is -2.26. The van der Waals surface area contributed by atoms with Crippen LogP contribution in [-0.4, -0.2) is 58.5 Å². The lowest BCUT2D eigenvalue weighted by molar-refractivity contribution is -0.385. The molecule has 1 aromatic carbocycles. The first-order valence-electron chi connectivity index (χ1n) is 8.61. The average Bonchev–Trinajstić information content (AvgIpc) is 2.78. The van der Waals surface area contributed by atoms with Gasteiger partial charge in [-0.05, 0) is 40.2 Å². The Kier molecular flexibility index (Phi) is 5.84. The van der Waals surface area contributed by atoms with Gasteiger partial charge >= 0.3 is 6.09 Å². The van der Waals surface area contributed by atoms with Gasteiger partial charge in [0.25, 0.3) is 11.6 Å². The van der Waals surface area contributed by atoms with Gasteiger partial charge in [-0.2, -0.15) is 0 Å². The maximum Gasteiger partial charge on any atom is 0.410 e. The van der Waals surface area contributed by atoms with E-state index in [1.807, 2.05) is 20.8 Å². The summed E-state index contributed by atoms with van der Waals surface area (Å²) in [6.07, 6.45) is 0.234. The third-order valence-corrected chi connectivity index (χ3v) is 4.17. The molecule has 0 atom stereocenters. The first-order valence-corrected chi connectivity index (χ1v) is 8.61. The Morgan fingerprint density at radius 3 is 2.35 bits per heavy atom. The highest BCUT2D eigenvalue weighted by molar-refractivity contribution is 5.96. The highest BCUT2D eigenvalue weighted by Crippen LogP contribution is 2.23. The zero-order valence-electron chi connectivity index (χ0n) is 15.7. The number of carbonyl (C=O) groups is 2. The summed E-state index contributed by atoms with van der Waals surface area (Å²) in [6, 6.07) is 4.50. The van der Waals surface area contributed by atoms with Crippen LogP contribution in [0.15, 0.2) is 18.2 Å². The third-order valence-electron chi connectivity index (χ3n) is 4.17. The minimum absolute atomic E-state index is 0.0685. The number of nitro benzene ring substituents is 1. The zero-order chi connectivity index (χ0) is 19.5. The molecule has 0 aromatic heterocycles. The van der Waals surface area contributed by atoms with Crippen molar-refractivity contribution in [2.75, 3.05) is 26.2 Å². The Labute approximate surface area is 152 Å². The molecule has 8 heteroatoms. The highest BCUT2D eigenvalue weighted by Gasteiger charge is 2.27. The largest absolute Gasteiger partial charge is 0.444 e. The summed E-state index contributed by atoms with van der Waals surface area (Å²) in [7, 11) is 0. The molecule has 0 spiro atoms. The molecule has 0 saturated carbocycles. The van der Waals surface area contributed by atoms with E-state index >= 15 is 0 Å². The SMILES string of the molecule is Cc1c(C(=O)N2CCCN(C(=O)OC(C)(C)C)CC2)cccc1[N+](=O)[O-]. The molecule has 2 amide bonds. The molecule has 1 aromatic rings. The second-order valence-electron chi connectivity index (χ2n) is 7.32. The van der Waals surface area contributed by atoms with Gasteiger partial charge in [-0.25, -0.2) is 4.79 Å². The lowest BCUT2D eigenvalue weighted by Crippen LogP contribution is -2.40. The monoisotopic (exact) mass is 363 g/mol. The smallest absolute Gasteiger partial charge is 0.410 e. The van der Waals surface area contributed by atoms with Gasteiger partial charge in [-0.15, -0.1) is 0 Å². The second-order valence-corrected chi connectivity index (χ2v) is 7.32. The molecule has 0 unspecified atom stereocenters. The van der Waals surface area contributed by atoms with Crippen LogP contribution in [0.5, 0.6) is 0 Å². The van der Waals surface area contributed by atoms with Crippen LogP contribution in [0.25, 0.3) is 0 Å². The highest BCUT2D eigenvalue weighted by atomic mass is 16.6. The molecule has 1 fully saturated rings. The summed E-state index contributed by atoms with van der Waals surface area (Å²) in [5.41, 5.74) is 0.0422. The van der Waals surface area contributed by atoms with Crippen molar-refractivity contribution in [3.05, 3.63) is 39.4 Å². The minimum atomic E-state index is -0.570. The number of ether oxygens (including phenoxy) is 1. The van der Waals surface area contributed by atoms with E-state index in [-0.39, 0.29) is 11.6 Å². The molecule has 2 rings (SSSR count). The van der Waals surface area contributed by atoms with Gasteiger partial charge in [0.2, 0.25) is 0 Å². The van der Waals surface area contributed by atoms with E-state index in [9.17, 15) is 19.7 Å². The van der Waals surface area contributed by atoms with Gasteiger partial charge in [0.1, 0.15) is 5.60 Å². The van der Waals surface area contributed by atoms with Gasteiger partial charge in [-0.3, -0.25) is 14.9 Å². The van der Waals surface area contributed by atoms with Crippen LogP contribution < -0.4 is 0 Å². The Hall–Kier alpha value is -2.64. The molecule has 8 nitrogen and oxygen atoms in total. The van der Waals surface area contributed by atoms with Crippen molar-refractivity contribution >= 4 is 17.7 Å². The van der Waals surface area contributed by atoms with Crippen molar-refractivity contribution in [2.24, 2.45) is 0 Å². The minimum Gasteiger partial charge on any atom is -0.444 e. The van der Waals surface area contributed by atoms with E-state index in [0.29, 0.717) is 43.7 Å². The van der Waals surface area contributed by atoms with Crippen LogP contribution in [0.3, 0.4) is 0 Å². The fourth-order valence-electron chi connectivity index (χ4n) is 2.85. The van der Waals surface area contributed by atoms with Crippen LogP contribution in [-0.2, 0) is 4.74 Å². The number of hydrogen-bond donors (Lipinski definition) is 0. The molecule has 1 aliphatic rings. The molecule has 0 bridgehead atoms. The first-order chi connectivity index (χ1) is 12.1. The molecule has 1 heterocycles. The summed E-state index contributed by atoms with van der Waals surface area (Å²) >= 11 is 0. The van der Waals surface area contributed by atoms with Crippen molar-refractivity contribution in [1.29, 1.82) is 0 Å². The fraction of sp³-hybridized carbons (Fsp3) is 0.556. The van der Waals surface area contributed by atoms with Crippen LogP contribution in [0.1, 0.15) is 43.1 Å². The molecular weight excluding hydrogens is 338 g/mol. The maximum absolute atomic E-state index is 12.8. The molecule has 0 aliphatic carbocycles. The van der Waals surface area contributed by atoms with E-state index in [1.54, 1.807) is 22.8 Å². The number of rotatable bonds is 2. The average molecular weight is 363 g/mol. The number of amides is 2. The van der Waals surface area contributed by atoms with Gasteiger partial charge in [-0.1, -0.05) is 6.07 Å². The van der Waals surface area contributed by atoms with E-state index < -0.39 is 16.6 Å². The van der Waals surface area contributed by atoms with E-state index in [0.717, 1.165) is 0 Å². The van der Waals surface area contributed by atoms with Gasteiger partial charge in [0, 0.05) is 43.4 Å². The Balaban J connectivity index is 2.10. The van der Waals surface area contributed by atoms with E-state index in [1.165, 1.54) is 12.1 Å². The predicted octanol–water partition coefficient (Wildman–Crippen LogP) is 2.99. The molecule has 1 aliphatic heterocycles. The fourth-order valence-corrected chi connectivity index (χ4v) is 2.85. The molecule has 0 N–H and O–H groups in total. The number of carbonyl (C=O) groups excluding carboxylic acids is 2. The van der Waals surface area contributed by atoms with Crippen molar-refractivity contribution in [2.45, 2.75) is 39.7 Å². The van der Waals surface area contributed by atoms with Crippen molar-refractivity contribution in [3.8, 4) is 0 Å². The molecule has 0 radical (unpaired) electrons. The topological polar surface area (TPSA) is 93.0 Å². The van der Waals surface area contributed by atoms with Gasteiger partial charge in [0.15, 0.2) is 0 Å². The first kappa shape index (κ1) is 19.7. The van der Waals surface area contributed by atoms with Gasteiger partial charge < -0.3 is 14.5 Å². The van der Waals surface area contributed by atoms with Crippen molar-refractivity contribution in [3.63, 3.8) is 0 Å². The summed E-state index contributed by atoms with van der Waals surface area (Å²) in [6.45, 7) is 8.73. The Morgan fingerprint density at radius 1 is 1.12 bits per heavy atom. The van der Waals surface area contributed by atoms with Crippen LogP contribution >= 0.6 is 0 Å². The quantitative estimate of drug-likeness (QED) is 0.595.